The highest BCUT2D eigenvalue weighted by Gasteiger charge is 2.20. The maximum Gasteiger partial charge on any atom is 0.255 e. The van der Waals surface area contributed by atoms with E-state index in [1.54, 1.807) is 11.0 Å². The Morgan fingerprint density at radius 3 is 2.53 bits per heavy atom. The molecule has 94 valence electrons. The number of benzene rings is 1. The fraction of sp³-hybridized carbons (Fsp3) is 0.417. The lowest BCUT2D eigenvalue weighted by Gasteiger charge is -2.26. The van der Waals surface area contributed by atoms with Crippen LogP contribution in [0.4, 0.5) is 0 Å². The molecule has 1 rings (SSSR count). The molecule has 0 aromatic heterocycles. The van der Waals surface area contributed by atoms with Crippen molar-refractivity contribution in [3.05, 3.63) is 32.7 Å². The minimum absolute atomic E-state index is 0.0000231. The molecule has 1 aromatic carbocycles. The van der Waals surface area contributed by atoms with Gasteiger partial charge in [0.15, 0.2) is 0 Å². The van der Waals surface area contributed by atoms with Crippen molar-refractivity contribution in [3.8, 4) is 0 Å². The van der Waals surface area contributed by atoms with Crippen LogP contribution in [0.1, 0.15) is 24.2 Å². The Morgan fingerprint density at radius 1 is 1.41 bits per heavy atom. The third-order valence-corrected chi connectivity index (χ3v) is 3.69. The molecule has 0 fully saturated rings. The molecule has 5 heteroatoms. The number of nitrogens with zero attached hydrogens (tertiary/aromatic N) is 1. The van der Waals surface area contributed by atoms with E-state index in [0.29, 0.717) is 18.0 Å². The Labute approximate surface area is 124 Å². The fourth-order valence-corrected chi connectivity index (χ4v) is 2.90. The molecule has 0 N–H and O–H groups in total. The summed E-state index contributed by atoms with van der Waals surface area (Å²) in [4.78, 5) is 14.1. The molecular weight excluding hydrogens is 369 g/mol. The summed E-state index contributed by atoms with van der Waals surface area (Å²) >= 11 is 12.5. The van der Waals surface area contributed by atoms with E-state index >= 15 is 0 Å². The molecule has 0 saturated carbocycles. The van der Waals surface area contributed by atoms with E-state index in [0.717, 1.165) is 8.95 Å². The Hall–Kier alpha value is -0.0600. The number of carbonyl (C=O) groups is 1. The molecular formula is C12H14Br2ClNO. The first-order chi connectivity index (χ1) is 7.97. The number of alkyl halides is 1. The lowest BCUT2D eigenvalue weighted by molar-refractivity contribution is 0.0717. The highest BCUT2D eigenvalue weighted by atomic mass is 79.9. The second kappa shape index (κ2) is 6.76. The molecule has 1 amide bonds. The Kier molecular flexibility index (Phi) is 5.97. The summed E-state index contributed by atoms with van der Waals surface area (Å²) in [6, 6.07) is 5.67. The number of amides is 1. The fourth-order valence-electron chi connectivity index (χ4n) is 1.50. The topological polar surface area (TPSA) is 20.3 Å². The first-order valence-electron chi connectivity index (χ1n) is 5.29. The second-order valence-electron chi connectivity index (χ2n) is 3.91. The molecule has 0 atom stereocenters. The Bertz CT molecular complexity index is 409. The first-order valence-corrected chi connectivity index (χ1v) is 7.41. The second-order valence-corrected chi connectivity index (χ2v) is 6.05. The third kappa shape index (κ3) is 3.97. The molecule has 2 nitrogen and oxygen atoms in total. The third-order valence-electron chi connectivity index (χ3n) is 2.37. The molecule has 0 saturated heterocycles. The lowest BCUT2D eigenvalue weighted by atomic mass is 10.1. The summed E-state index contributed by atoms with van der Waals surface area (Å²) in [5, 5.41) is 0. The van der Waals surface area contributed by atoms with Crippen molar-refractivity contribution in [1.82, 2.24) is 4.90 Å². The largest absolute Gasteiger partial charge is 0.335 e. The number of rotatable bonds is 4. The van der Waals surface area contributed by atoms with Crippen molar-refractivity contribution in [2.24, 2.45) is 0 Å². The molecule has 0 radical (unpaired) electrons. The molecule has 0 aliphatic carbocycles. The number of hydrogen-bond acceptors (Lipinski definition) is 1. The van der Waals surface area contributed by atoms with Crippen LogP contribution in [0.5, 0.6) is 0 Å². The van der Waals surface area contributed by atoms with Gasteiger partial charge >= 0.3 is 0 Å². The molecule has 0 heterocycles. The number of hydrogen-bond donors (Lipinski definition) is 0. The van der Waals surface area contributed by atoms with Gasteiger partial charge in [-0.25, -0.2) is 0 Å². The van der Waals surface area contributed by atoms with Crippen molar-refractivity contribution in [2.45, 2.75) is 19.9 Å². The van der Waals surface area contributed by atoms with Crippen molar-refractivity contribution in [1.29, 1.82) is 0 Å². The van der Waals surface area contributed by atoms with Gasteiger partial charge in [-0.3, -0.25) is 4.79 Å². The lowest BCUT2D eigenvalue weighted by Crippen LogP contribution is -2.38. The zero-order valence-electron chi connectivity index (χ0n) is 9.71. The average molecular weight is 384 g/mol. The minimum atomic E-state index is 0.0000231. The van der Waals surface area contributed by atoms with Crippen LogP contribution in [-0.4, -0.2) is 29.3 Å². The van der Waals surface area contributed by atoms with E-state index in [1.807, 2.05) is 26.0 Å². The Morgan fingerprint density at radius 2 is 2.06 bits per heavy atom. The molecule has 0 aliphatic rings. The Balaban J connectivity index is 3.01. The summed E-state index contributed by atoms with van der Waals surface area (Å²) in [6.07, 6.45) is 0. The van der Waals surface area contributed by atoms with Gasteiger partial charge in [-0.05, 0) is 48.0 Å². The predicted molar refractivity (Wildman–Crippen MR) is 78.7 cm³/mol. The van der Waals surface area contributed by atoms with E-state index in [4.69, 9.17) is 11.6 Å². The number of carbonyl (C=O) groups excluding carboxylic acids is 1. The summed E-state index contributed by atoms with van der Waals surface area (Å²) in [5.74, 6) is 0.443. The van der Waals surface area contributed by atoms with Crippen LogP contribution < -0.4 is 0 Å². The molecule has 0 spiro atoms. The van der Waals surface area contributed by atoms with Crippen LogP contribution in [0, 0.1) is 0 Å². The van der Waals surface area contributed by atoms with E-state index in [-0.39, 0.29) is 11.9 Å². The molecule has 17 heavy (non-hydrogen) atoms. The normalized spacial score (nSPS) is 10.7. The van der Waals surface area contributed by atoms with E-state index in [9.17, 15) is 4.79 Å². The zero-order chi connectivity index (χ0) is 13.0. The number of halogens is 3. The van der Waals surface area contributed by atoms with E-state index in [2.05, 4.69) is 31.9 Å². The van der Waals surface area contributed by atoms with E-state index in [1.165, 1.54) is 0 Å². The summed E-state index contributed by atoms with van der Waals surface area (Å²) in [5.41, 5.74) is 0.659. The van der Waals surface area contributed by atoms with Crippen LogP contribution in [0.25, 0.3) is 0 Å². The highest BCUT2D eigenvalue weighted by molar-refractivity contribution is 9.11. The molecule has 0 bridgehead atoms. The van der Waals surface area contributed by atoms with E-state index < -0.39 is 0 Å². The van der Waals surface area contributed by atoms with Gasteiger partial charge in [0.05, 0.1) is 5.56 Å². The van der Waals surface area contributed by atoms with Gasteiger partial charge in [0.25, 0.3) is 5.91 Å². The van der Waals surface area contributed by atoms with Crippen LogP contribution in [-0.2, 0) is 0 Å². The molecule has 0 aliphatic heterocycles. The van der Waals surface area contributed by atoms with Gasteiger partial charge in [0, 0.05) is 27.4 Å². The zero-order valence-corrected chi connectivity index (χ0v) is 13.6. The molecule has 1 aromatic rings. The summed E-state index contributed by atoms with van der Waals surface area (Å²) in [6.45, 7) is 4.52. The van der Waals surface area contributed by atoms with Gasteiger partial charge in [-0.2, -0.15) is 0 Å². The monoisotopic (exact) mass is 381 g/mol. The van der Waals surface area contributed by atoms with Crippen molar-refractivity contribution < 1.29 is 4.79 Å². The maximum absolute atomic E-state index is 12.3. The molecule has 0 unspecified atom stereocenters. The van der Waals surface area contributed by atoms with Crippen molar-refractivity contribution in [2.75, 3.05) is 12.4 Å². The summed E-state index contributed by atoms with van der Waals surface area (Å²) < 4.78 is 1.73. The van der Waals surface area contributed by atoms with Gasteiger partial charge in [0.2, 0.25) is 0 Å². The highest BCUT2D eigenvalue weighted by Crippen LogP contribution is 2.23. The van der Waals surface area contributed by atoms with Gasteiger partial charge in [-0.15, -0.1) is 11.6 Å². The van der Waals surface area contributed by atoms with Gasteiger partial charge in [0.1, 0.15) is 0 Å². The van der Waals surface area contributed by atoms with Gasteiger partial charge in [-0.1, -0.05) is 15.9 Å². The smallest absolute Gasteiger partial charge is 0.255 e. The predicted octanol–water partition coefficient (Wildman–Crippen LogP) is 4.30. The average Bonchev–Trinajstić information content (AvgIpc) is 2.24. The standard InChI is InChI=1S/C12H14Br2ClNO/c1-8(2)16(6-5-15)12(17)10-4-3-9(13)7-11(10)14/h3-4,7-8H,5-6H2,1-2H3. The van der Waals surface area contributed by atoms with Crippen molar-refractivity contribution in [3.63, 3.8) is 0 Å². The SMILES string of the molecule is CC(C)N(CCCl)C(=O)c1ccc(Br)cc1Br. The maximum atomic E-state index is 12.3. The quantitative estimate of drug-likeness (QED) is 0.710. The summed E-state index contributed by atoms with van der Waals surface area (Å²) in [7, 11) is 0. The van der Waals surface area contributed by atoms with Gasteiger partial charge < -0.3 is 4.90 Å². The van der Waals surface area contributed by atoms with Crippen LogP contribution >= 0.6 is 43.5 Å². The first kappa shape index (κ1) is 15.0. The van der Waals surface area contributed by atoms with Crippen LogP contribution in [0.2, 0.25) is 0 Å². The van der Waals surface area contributed by atoms with Crippen molar-refractivity contribution >= 4 is 49.4 Å². The van der Waals surface area contributed by atoms with Crippen LogP contribution in [0.3, 0.4) is 0 Å². The minimum Gasteiger partial charge on any atom is -0.335 e. The van der Waals surface area contributed by atoms with Crippen LogP contribution in [0.15, 0.2) is 27.1 Å².